The van der Waals surface area contributed by atoms with Crippen LogP contribution in [0.1, 0.15) is 30.9 Å². The van der Waals surface area contributed by atoms with Gasteiger partial charge in [-0.1, -0.05) is 37.6 Å². The number of nitrogens with one attached hydrogen (secondary N) is 2. The highest BCUT2D eigenvalue weighted by Crippen LogP contribution is 2.36. The summed E-state index contributed by atoms with van der Waals surface area (Å²) in [6.07, 6.45) is 2.17. The smallest absolute Gasteiger partial charge is 0.222 e. The number of para-hydroxylation sites is 1. The zero-order chi connectivity index (χ0) is 24.7. The molecule has 0 bridgehead atoms. The first kappa shape index (κ1) is 23.1. The van der Waals surface area contributed by atoms with Gasteiger partial charge in [-0.25, -0.2) is 4.98 Å². The molecule has 2 aliphatic heterocycles. The van der Waals surface area contributed by atoms with Gasteiger partial charge < -0.3 is 25.7 Å². The molecule has 2 aromatic heterocycles. The Hall–Kier alpha value is -3.36. The molecule has 0 aliphatic carbocycles. The van der Waals surface area contributed by atoms with E-state index in [9.17, 15) is 0 Å². The SMILES string of the molecule is CCCCNc1nc(N)nc2c3ccccc3n(Cc3cc(CN4CC5(CNC5)C4)ccc3OC)c12. The van der Waals surface area contributed by atoms with Crippen LogP contribution in [0.15, 0.2) is 42.5 Å². The number of unbranched alkanes of at least 4 members (excludes halogenated alkanes) is 1. The number of aromatic nitrogens is 3. The van der Waals surface area contributed by atoms with Crippen LogP contribution in [0.3, 0.4) is 0 Å². The summed E-state index contributed by atoms with van der Waals surface area (Å²) in [5.41, 5.74) is 12.1. The van der Waals surface area contributed by atoms with Crippen LogP contribution in [-0.4, -0.2) is 59.3 Å². The number of nitrogen functional groups attached to an aromatic ring is 1. The lowest BCUT2D eigenvalue weighted by Gasteiger charge is -2.56. The second-order valence-electron chi connectivity index (χ2n) is 10.4. The van der Waals surface area contributed by atoms with Crippen LogP contribution in [0.5, 0.6) is 5.75 Å². The van der Waals surface area contributed by atoms with Crippen molar-refractivity contribution in [2.45, 2.75) is 32.9 Å². The van der Waals surface area contributed by atoms with E-state index in [0.717, 1.165) is 78.1 Å². The van der Waals surface area contributed by atoms with E-state index in [1.54, 1.807) is 7.11 Å². The van der Waals surface area contributed by atoms with Crippen molar-refractivity contribution in [3.8, 4) is 5.75 Å². The van der Waals surface area contributed by atoms with E-state index in [4.69, 9.17) is 10.5 Å². The Balaban J connectivity index is 1.38. The molecular formula is C28H35N7O. The van der Waals surface area contributed by atoms with Crippen LogP contribution in [0.25, 0.3) is 21.9 Å². The molecule has 36 heavy (non-hydrogen) atoms. The van der Waals surface area contributed by atoms with Gasteiger partial charge in [-0.05, 0) is 30.2 Å². The fourth-order valence-corrected chi connectivity index (χ4v) is 5.82. The molecule has 4 heterocycles. The second kappa shape index (κ2) is 9.26. The molecule has 0 saturated carbocycles. The predicted molar refractivity (Wildman–Crippen MR) is 146 cm³/mol. The van der Waals surface area contributed by atoms with Crippen molar-refractivity contribution >= 4 is 33.7 Å². The Kier molecular flexibility index (Phi) is 5.93. The third kappa shape index (κ3) is 4.04. The number of likely N-dealkylation sites (tertiary alicyclic amines) is 1. The molecule has 4 N–H and O–H groups in total. The van der Waals surface area contributed by atoms with E-state index in [1.807, 2.05) is 6.07 Å². The minimum absolute atomic E-state index is 0.290. The molecule has 2 fully saturated rings. The van der Waals surface area contributed by atoms with E-state index in [0.29, 0.717) is 12.0 Å². The van der Waals surface area contributed by atoms with Crippen LogP contribution >= 0.6 is 0 Å². The van der Waals surface area contributed by atoms with Gasteiger partial charge in [-0.15, -0.1) is 0 Å². The van der Waals surface area contributed by atoms with Crippen LogP contribution in [0, 0.1) is 5.41 Å². The molecule has 2 saturated heterocycles. The number of nitrogens with two attached hydrogens (primary N) is 1. The second-order valence-corrected chi connectivity index (χ2v) is 10.4. The monoisotopic (exact) mass is 485 g/mol. The van der Waals surface area contributed by atoms with Gasteiger partial charge in [0.25, 0.3) is 0 Å². The summed E-state index contributed by atoms with van der Waals surface area (Å²) < 4.78 is 8.11. The molecule has 2 aliphatic rings. The minimum Gasteiger partial charge on any atom is -0.496 e. The van der Waals surface area contributed by atoms with E-state index in [1.165, 1.54) is 18.7 Å². The van der Waals surface area contributed by atoms with Gasteiger partial charge in [0.15, 0.2) is 5.82 Å². The number of benzene rings is 2. The lowest BCUT2D eigenvalue weighted by molar-refractivity contribution is -0.0444. The number of ether oxygens (including phenoxy) is 1. The van der Waals surface area contributed by atoms with Crippen molar-refractivity contribution in [1.82, 2.24) is 24.8 Å². The zero-order valence-electron chi connectivity index (χ0n) is 21.2. The number of nitrogens with zero attached hydrogens (tertiary/aromatic N) is 4. The topological polar surface area (TPSA) is 93.3 Å². The maximum Gasteiger partial charge on any atom is 0.222 e. The molecule has 2 aromatic carbocycles. The van der Waals surface area contributed by atoms with Gasteiger partial charge in [0.2, 0.25) is 5.95 Å². The Bertz CT molecular complexity index is 1400. The molecule has 6 rings (SSSR count). The maximum absolute atomic E-state index is 6.15. The number of fused-ring (bicyclic) bond motifs is 3. The summed E-state index contributed by atoms with van der Waals surface area (Å²) in [5, 5.41) is 8.02. The van der Waals surface area contributed by atoms with Gasteiger partial charge in [0.05, 0.1) is 19.2 Å². The van der Waals surface area contributed by atoms with Crippen molar-refractivity contribution in [3.05, 3.63) is 53.6 Å². The third-order valence-corrected chi connectivity index (χ3v) is 7.64. The minimum atomic E-state index is 0.290. The third-order valence-electron chi connectivity index (χ3n) is 7.64. The molecule has 0 atom stereocenters. The van der Waals surface area contributed by atoms with Crippen LogP contribution in [0.2, 0.25) is 0 Å². The molecule has 8 heteroatoms. The normalized spacial score (nSPS) is 16.8. The largest absolute Gasteiger partial charge is 0.496 e. The number of hydrogen-bond donors (Lipinski definition) is 3. The summed E-state index contributed by atoms with van der Waals surface area (Å²) in [4.78, 5) is 11.8. The highest BCUT2D eigenvalue weighted by molar-refractivity contribution is 6.09. The Labute approximate surface area is 211 Å². The summed E-state index contributed by atoms with van der Waals surface area (Å²) in [7, 11) is 1.74. The highest BCUT2D eigenvalue weighted by atomic mass is 16.5. The number of methoxy groups -OCH3 is 1. The predicted octanol–water partition coefficient (Wildman–Crippen LogP) is 3.84. The average molecular weight is 486 g/mol. The van der Waals surface area contributed by atoms with Crippen LogP contribution < -0.4 is 21.1 Å². The Morgan fingerprint density at radius 3 is 2.69 bits per heavy atom. The summed E-state index contributed by atoms with van der Waals surface area (Å²) in [5.74, 6) is 1.97. The number of rotatable bonds is 9. The maximum atomic E-state index is 6.15. The van der Waals surface area contributed by atoms with Crippen LogP contribution in [0.4, 0.5) is 11.8 Å². The number of anilines is 2. The summed E-state index contributed by atoms with van der Waals surface area (Å²) in [6.45, 7) is 9.33. The van der Waals surface area contributed by atoms with Gasteiger partial charge in [-0.3, -0.25) is 4.90 Å². The molecule has 4 aromatic rings. The van der Waals surface area contributed by atoms with E-state index in [2.05, 4.69) is 73.4 Å². The lowest BCUT2D eigenvalue weighted by Crippen LogP contribution is -2.70. The Morgan fingerprint density at radius 2 is 1.94 bits per heavy atom. The molecule has 188 valence electrons. The van der Waals surface area contributed by atoms with Gasteiger partial charge in [0.1, 0.15) is 16.8 Å². The lowest BCUT2D eigenvalue weighted by atomic mass is 9.74. The quantitative estimate of drug-likeness (QED) is 0.310. The van der Waals surface area contributed by atoms with Crippen molar-refractivity contribution in [2.24, 2.45) is 5.41 Å². The zero-order valence-corrected chi connectivity index (χ0v) is 21.2. The van der Waals surface area contributed by atoms with E-state index in [-0.39, 0.29) is 5.95 Å². The van der Waals surface area contributed by atoms with Gasteiger partial charge >= 0.3 is 0 Å². The average Bonchev–Trinajstić information content (AvgIpc) is 3.14. The fourth-order valence-electron chi connectivity index (χ4n) is 5.82. The Morgan fingerprint density at radius 1 is 1.11 bits per heavy atom. The highest BCUT2D eigenvalue weighted by Gasteiger charge is 2.47. The van der Waals surface area contributed by atoms with E-state index < -0.39 is 0 Å². The summed E-state index contributed by atoms with van der Waals surface area (Å²) >= 11 is 0. The molecule has 0 amide bonds. The number of hydrogen-bond acceptors (Lipinski definition) is 7. The first-order valence-corrected chi connectivity index (χ1v) is 13.0. The molecule has 8 nitrogen and oxygen atoms in total. The van der Waals surface area contributed by atoms with Gasteiger partial charge in [-0.2, -0.15) is 4.98 Å². The van der Waals surface area contributed by atoms with Crippen molar-refractivity contribution in [1.29, 1.82) is 0 Å². The first-order chi connectivity index (χ1) is 17.6. The molecule has 0 unspecified atom stereocenters. The van der Waals surface area contributed by atoms with Crippen molar-refractivity contribution in [3.63, 3.8) is 0 Å². The van der Waals surface area contributed by atoms with Crippen molar-refractivity contribution < 1.29 is 4.74 Å². The van der Waals surface area contributed by atoms with Crippen LogP contribution in [-0.2, 0) is 13.1 Å². The molecular weight excluding hydrogens is 450 g/mol. The fraction of sp³-hybridized carbons (Fsp3) is 0.429. The summed E-state index contributed by atoms with van der Waals surface area (Å²) in [6, 6.07) is 15.0. The van der Waals surface area contributed by atoms with Crippen molar-refractivity contribution in [2.75, 3.05) is 50.9 Å². The first-order valence-electron chi connectivity index (χ1n) is 13.0. The van der Waals surface area contributed by atoms with Gasteiger partial charge in [0, 0.05) is 55.6 Å². The molecule has 0 radical (unpaired) electrons. The molecule has 1 spiro atoms. The van der Waals surface area contributed by atoms with E-state index >= 15 is 0 Å². The standard InChI is InChI=1S/C28H35N7O/c1-3-4-11-31-26-25-24(32-27(29)33-26)21-7-5-6-8-22(21)35(25)14-20-12-19(9-10-23(20)36-2)13-34-17-28(18-34)15-30-16-28/h5-10,12,30H,3-4,11,13-18H2,1-2H3,(H3,29,31,32,33).